The van der Waals surface area contributed by atoms with Gasteiger partial charge in [0.05, 0.1) is 20.1 Å². The highest BCUT2D eigenvalue weighted by Gasteiger charge is 2.61. The molecule has 2 N–H and O–H groups in total. The molecule has 0 spiro atoms. The van der Waals surface area contributed by atoms with Crippen molar-refractivity contribution in [1.29, 1.82) is 0 Å². The quantitative estimate of drug-likeness (QED) is 0.377. The molecule has 0 saturated carbocycles. The maximum atomic E-state index is 12.8. The standard InChI is InChI=1S/C24H44N2O8Si2/c1-22(2,3)35(8,9)32-15-16-24(30,14-18(28)31-7)19(34-36(10,11)23(4,5)6)20(33-16)26-13-12-17(27)25-21(26)29/h12-13,16,19-20,30H,14-15H2,1-11H3,(H,25,27,29)/t16-,19+,20-,24+/m1/s1. The van der Waals surface area contributed by atoms with Gasteiger partial charge in [-0.2, -0.15) is 0 Å². The topological polar surface area (TPSA) is 129 Å². The molecule has 1 aromatic rings. The lowest BCUT2D eigenvalue weighted by Gasteiger charge is -2.43. The third kappa shape index (κ3) is 6.28. The van der Waals surface area contributed by atoms with Crippen molar-refractivity contribution in [2.24, 2.45) is 0 Å². The van der Waals surface area contributed by atoms with Crippen molar-refractivity contribution < 1.29 is 28.2 Å². The van der Waals surface area contributed by atoms with Crippen molar-refractivity contribution in [3.8, 4) is 0 Å². The van der Waals surface area contributed by atoms with Crippen LogP contribution in [0.3, 0.4) is 0 Å². The molecule has 1 aliphatic heterocycles. The van der Waals surface area contributed by atoms with Gasteiger partial charge < -0.3 is 23.4 Å². The van der Waals surface area contributed by atoms with Gasteiger partial charge in [-0.25, -0.2) is 4.79 Å². The highest BCUT2D eigenvalue weighted by molar-refractivity contribution is 6.74. The first kappa shape index (κ1) is 30.6. The minimum atomic E-state index is -2.55. The van der Waals surface area contributed by atoms with E-state index in [1.54, 1.807) is 0 Å². The van der Waals surface area contributed by atoms with Crippen LogP contribution in [0.1, 0.15) is 54.2 Å². The Labute approximate surface area is 215 Å². The fourth-order valence-corrected chi connectivity index (χ4v) is 5.79. The number of nitrogens with one attached hydrogen (secondary N) is 1. The van der Waals surface area contributed by atoms with Gasteiger partial charge >= 0.3 is 11.7 Å². The van der Waals surface area contributed by atoms with Crippen molar-refractivity contribution in [2.45, 2.75) is 108 Å². The lowest BCUT2D eigenvalue weighted by Crippen LogP contribution is -2.57. The summed E-state index contributed by atoms with van der Waals surface area (Å²) >= 11 is 0. The number of carbonyl (C=O) groups excluding carboxylic acids is 1. The SMILES string of the molecule is COC(=O)C[C@]1(O)[C@@H](CO[Si](C)(C)C(C)(C)C)O[C@@H](n2ccc(=O)[nH]c2=O)[C@@H]1O[Si](C)(C)C(C)(C)C. The molecular weight excluding hydrogens is 500 g/mol. The molecule has 1 fully saturated rings. The van der Waals surface area contributed by atoms with E-state index in [-0.39, 0.29) is 16.7 Å². The number of nitrogens with zero attached hydrogens (tertiary/aromatic N) is 1. The fraction of sp³-hybridized carbons (Fsp3) is 0.792. The van der Waals surface area contributed by atoms with Crippen LogP contribution in [0.4, 0.5) is 0 Å². The van der Waals surface area contributed by atoms with Gasteiger partial charge in [0.25, 0.3) is 5.56 Å². The largest absolute Gasteiger partial charge is 0.469 e. The van der Waals surface area contributed by atoms with Crippen LogP contribution in [-0.2, 0) is 23.1 Å². The maximum absolute atomic E-state index is 12.8. The number of aromatic amines is 1. The minimum Gasteiger partial charge on any atom is -0.469 e. The van der Waals surface area contributed by atoms with E-state index >= 15 is 0 Å². The molecule has 10 nitrogen and oxygen atoms in total. The first-order valence-electron chi connectivity index (χ1n) is 12.2. The molecule has 0 radical (unpaired) electrons. The van der Waals surface area contributed by atoms with Crippen LogP contribution < -0.4 is 11.2 Å². The normalized spacial score (nSPS) is 25.7. The van der Waals surface area contributed by atoms with E-state index in [2.05, 4.69) is 38.8 Å². The minimum absolute atomic E-state index is 0.00402. The van der Waals surface area contributed by atoms with E-state index in [0.29, 0.717) is 0 Å². The molecule has 1 aliphatic rings. The molecule has 1 aromatic heterocycles. The van der Waals surface area contributed by atoms with E-state index in [9.17, 15) is 19.5 Å². The molecule has 0 unspecified atom stereocenters. The summed E-state index contributed by atoms with van der Waals surface area (Å²) in [4.78, 5) is 39.2. The van der Waals surface area contributed by atoms with Crippen LogP contribution in [-0.4, -0.2) is 68.8 Å². The van der Waals surface area contributed by atoms with E-state index in [4.69, 9.17) is 18.3 Å². The van der Waals surface area contributed by atoms with Crippen molar-refractivity contribution in [3.63, 3.8) is 0 Å². The molecular formula is C24H44N2O8Si2. The summed E-state index contributed by atoms with van der Waals surface area (Å²) in [7, 11) is -3.56. The van der Waals surface area contributed by atoms with E-state index in [1.165, 1.54) is 23.9 Å². The third-order valence-corrected chi connectivity index (χ3v) is 17.0. The highest BCUT2D eigenvalue weighted by atomic mass is 28.4. The van der Waals surface area contributed by atoms with Crippen molar-refractivity contribution in [3.05, 3.63) is 33.1 Å². The molecule has 0 bridgehead atoms. The Bertz CT molecular complexity index is 1050. The number of methoxy groups -OCH3 is 1. The number of H-pyrrole nitrogens is 1. The average Bonchev–Trinajstić information content (AvgIpc) is 2.95. The molecule has 4 atom stereocenters. The molecule has 2 heterocycles. The summed E-state index contributed by atoms with van der Waals surface area (Å²) in [6, 6.07) is 1.20. The van der Waals surface area contributed by atoms with Crippen LogP contribution in [0.5, 0.6) is 0 Å². The van der Waals surface area contributed by atoms with E-state index in [1.807, 2.05) is 33.9 Å². The number of ether oxygens (including phenoxy) is 2. The molecule has 0 amide bonds. The first-order valence-corrected chi connectivity index (χ1v) is 18.1. The maximum Gasteiger partial charge on any atom is 0.330 e. The van der Waals surface area contributed by atoms with Crippen LogP contribution >= 0.6 is 0 Å². The summed E-state index contributed by atoms with van der Waals surface area (Å²) in [5.74, 6) is -0.642. The summed E-state index contributed by atoms with van der Waals surface area (Å²) in [6.07, 6.45) is -2.31. The number of aromatic nitrogens is 2. The van der Waals surface area contributed by atoms with Gasteiger partial charge in [-0.15, -0.1) is 0 Å². The summed E-state index contributed by atoms with van der Waals surface area (Å²) in [5, 5.41) is 11.8. The molecule has 206 valence electrons. The molecule has 0 aliphatic carbocycles. The van der Waals surface area contributed by atoms with Gasteiger partial charge in [0.2, 0.25) is 0 Å². The zero-order valence-corrected chi connectivity index (χ0v) is 25.6. The second kappa shape index (κ2) is 10.3. The van der Waals surface area contributed by atoms with Crippen molar-refractivity contribution in [1.82, 2.24) is 9.55 Å². The lowest BCUT2D eigenvalue weighted by atomic mass is 9.88. The zero-order valence-electron chi connectivity index (χ0n) is 23.6. The predicted octanol–water partition coefficient (Wildman–Crippen LogP) is 3.14. The van der Waals surface area contributed by atoms with Crippen molar-refractivity contribution >= 4 is 22.6 Å². The average molecular weight is 545 g/mol. The summed E-state index contributed by atoms with van der Waals surface area (Å²) < 4.78 is 25.4. The Hall–Kier alpha value is -1.58. The monoisotopic (exact) mass is 544 g/mol. The Balaban J connectivity index is 2.64. The predicted molar refractivity (Wildman–Crippen MR) is 142 cm³/mol. The van der Waals surface area contributed by atoms with Crippen LogP contribution in [0, 0.1) is 0 Å². The fourth-order valence-electron chi connectivity index (χ4n) is 3.48. The Kier molecular flexibility index (Phi) is 8.76. The lowest BCUT2D eigenvalue weighted by molar-refractivity contribution is -0.154. The third-order valence-electron chi connectivity index (χ3n) is 8.02. The molecule has 1 saturated heterocycles. The molecule has 36 heavy (non-hydrogen) atoms. The van der Waals surface area contributed by atoms with Gasteiger partial charge in [-0.3, -0.25) is 19.1 Å². The Morgan fingerprint density at radius 3 is 2.14 bits per heavy atom. The second-order valence-electron chi connectivity index (χ2n) is 12.6. The van der Waals surface area contributed by atoms with E-state index < -0.39 is 64.3 Å². The molecule has 12 heteroatoms. The Morgan fingerprint density at radius 1 is 1.11 bits per heavy atom. The van der Waals surface area contributed by atoms with Crippen molar-refractivity contribution in [2.75, 3.05) is 13.7 Å². The number of carbonyl (C=O) groups is 1. The molecule has 2 rings (SSSR count). The van der Waals surface area contributed by atoms with Gasteiger partial charge in [0, 0.05) is 12.3 Å². The zero-order chi connectivity index (χ0) is 27.9. The van der Waals surface area contributed by atoms with Gasteiger partial charge in [0.1, 0.15) is 17.8 Å². The summed E-state index contributed by atoms with van der Waals surface area (Å²) in [6.45, 7) is 20.6. The van der Waals surface area contributed by atoms with Gasteiger partial charge in [0.15, 0.2) is 22.9 Å². The number of aliphatic hydroxyl groups is 1. The number of hydrogen-bond acceptors (Lipinski definition) is 8. The van der Waals surface area contributed by atoms with Crippen LogP contribution in [0.15, 0.2) is 21.9 Å². The molecule has 0 aromatic carbocycles. The van der Waals surface area contributed by atoms with Gasteiger partial charge in [-0.1, -0.05) is 41.5 Å². The smallest absolute Gasteiger partial charge is 0.330 e. The first-order chi connectivity index (χ1) is 16.2. The highest BCUT2D eigenvalue weighted by Crippen LogP contribution is 2.47. The van der Waals surface area contributed by atoms with E-state index in [0.717, 1.165) is 0 Å². The number of rotatable bonds is 8. The van der Waals surface area contributed by atoms with Crippen LogP contribution in [0.2, 0.25) is 36.3 Å². The second-order valence-corrected chi connectivity index (χ2v) is 22.2. The summed E-state index contributed by atoms with van der Waals surface area (Å²) in [5.41, 5.74) is -3.12. The van der Waals surface area contributed by atoms with Crippen LogP contribution in [0.25, 0.3) is 0 Å². The number of esters is 1. The number of hydrogen-bond donors (Lipinski definition) is 2. The van der Waals surface area contributed by atoms with Gasteiger partial charge in [-0.05, 0) is 36.3 Å². The Morgan fingerprint density at radius 2 is 1.67 bits per heavy atom.